The Bertz CT molecular complexity index is 1500. The number of hydrogen-bond acceptors (Lipinski definition) is 6. The molecule has 1 N–H and O–H groups in total. The number of thiazole rings is 1. The highest BCUT2D eigenvalue weighted by Gasteiger charge is 2.28. The average molecular weight is 490 g/mol. The first-order valence-electron chi connectivity index (χ1n) is 10.3. The van der Waals surface area contributed by atoms with Crippen LogP contribution >= 0.6 is 11.3 Å². The van der Waals surface area contributed by atoms with Gasteiger partial charge in [0.25, 0.3) is 15.9 Å². The van der Waals surface area contributed by atoms with Gasteiger partial charge in [0.2, 0.25) is 0 Å². The van der Waals surface area contributed by atoms with Crippen LogP contribution in [0.1, 0.15) is 12.6 Å². The van der Waals surface area contributed by atoms with Crippen molar-refractivity contribution in [3.63, 3.8) is 0 Å². The molecule has 0 bridgehead atoms. The van der Waals surface area contributed by atoms with Crippen molar-refractivity contribution in [3.05, 3.63) is 95.8 Å². The molecule has 2 aromatic carbocycles. The smallest absolute Gasteiger partial charge is 0.280 e. The molecule has 2 aromatic heterocycles. The predicted octanol–water partition coefficient (Wildman–Crippen LogP) is 4.54. The third kappa shape index (κ3) is 4.16. The third-order valence-corrected chi connectivity index (χ3v) is 7.39. The van der Waals surface area contributed by atoms with Crippen LogP contribution in [0.25, 0.3) is 11.8 Å². The summed E-state index contributed by atoms with van der Waals surface area (Å²) in [5.41, 5.74) is 3.34. The van der Waals surface area contributed by atoms with E-state index in [2.05, 4.69) is 14.8 Å². The standard InChI is InChI=1S/C24H19N5O3S2/c1-17-22(23(30)29(26-17)19-6-3-2-4-7-19)16-20-8-5-14-28(20)18-9-11-21(12-10-18)34(31,32)27-24-25-13-15-33-24/h2-16H,1H3,(H,25,27)/b22-16-. The van der Waals surface area contributed by atoms with Crippen molar-refractivity contribution in [1.82, 2.24) is 9.55 Å². The minimum atomic E-state index is -3.73. The van der Waals surface area contributed by atoms with Crippen LogP contribution in [-0.4, -0.2) is 29.6 Å². The number of benzene rings is 2. The van der Waals surface area contributed by atoms with Crippen molar-refractivity contribution in [1.29, 1.82) is 0 Å². The summed E-state index contributed by atoms with van der Waals surface area (Å²) < 4.78 is 29.5. The fourth-order valence-electron chi connectivity index (χ4n) is 3.56. The lowest BCUT2D eigenvalue weighted by Gasteiger charge is -2.11. The van der Waals surface area contributed by atoms with Gasteiger partial charge in [0.15, 0.2) is 5.13 Å². The average Bonchev–Trinajstić information content (AvgIpc) is 3.58. The van der Waals surface area contributed by atoms with Gasteiger partial charge in [0.05, 0.1) is 21.9 Å². The summed E-state index contributed by atoms with van der Waals surface area (Å²) in [5.74, 6) is -0.203. The lowest BCUT2D eigenvalue weighted by Crippen LogP contribution is -2.21. The summed E-state index contributed by atoms with van der Waals surface area (Å²) in [5, 5.41) is 7.82. The van der Waals surface area contributed by atoms with Crippen LogP contribution < -0.4 is 9.73 Å². The minimum absolute atomic E-state index is 0.131. The molecular formula is C24H19N5O3S2. The fraction of sp³-hybridized carbons (Fsp3) is 0.0417. The number of nitrogens with one attached hydrogen (secondary N) is 1. The molecule has 10 heteroatoms. The van der Waals surface area contributed by atoms with Crippen molar-refractivity contribution in [2.75, 3.05) is 9.73 Å². The third-order valence-electron chi connectivity index (χ3n) is 5.22. The van der Waals surface area contributed by atoms with E-state index in [-0.39, 0.29) is 10.8 Å². The van der Waals surface area contributed by atoms with Crippen molar-refractivity contribution >= 4 is 49.9 Å². The fourth-order valence-corrected chi connectivity index (χ4v) is 5.35. The van der Waals surface area contributed by atoms with E-state index in [1.54, 1.807) is 30.5 Å². The molecule has 1 amide bonds. The Morgan fingerprint density at radius 3 is 2.44 bits per heavy atom. The molecule has 0 aliphatic carbocycles. The van der Waals surface area contributed by atoms with Crippen molar-refractivity contribution < 1.29 is 13.2 Å². The Kier molecular flexibility index (Phi) is 5.60. The molecule has 0 unspecified atom stereocenters. The maximum absolute atomic E-state index is 13.0. The van der Waals surface area contributed by atoms with Crippen LogP contribution in [0.5, 0.6) is 0 Å². The lowest BCUT2D eigenvalue weighted by atomic mass is 10.1. The monoisotopic (exact) mass is 489 g/mol. The van der Waals surface area contributed by atoms with E-state index in [1.807, 2.05) is 53.2 Å². The summed E-state index contributed by atoms with van der Waals surface area (Å²) in [6, 6.07) is 19.5. The number of hydrogen-bond donors (Lipinski definition) is 1. The lowest BCUT2D eigenvalue weighted by molar-refractivity contribution is -0.114. The Hall–Kier alpha value is -4.02. The van der Waals surface area contributed by atoms with Gasteiger partial charge in [0, 0.05) is 29.2 Å². The number of anilines is 2. The molecule has 0 radical (unpaired) electrons. The molecule has 0 fully saturated rings. The summed E-state index contributed by atoms with van der Waals surface area (Å²) in [6.07, 6.45) is 5.18. The van der Waals surface area contributed by atoms with E-state index < -0.39 is 10.0 Å². The number of amides is 1. The van der Waals surface area contributed by atoms with E-state index in [0.717, 1.165) is 11.4 Å². The minimum Gasteiger partial charge on any atom is -0.317 e. The molecule has 5 rings (SSSR count). The van der Waals surface area contributed by atoms with E-state index >= 15 is 0 Å². The molecule has 0 saturated carbocycles. The molecule has 0 atom stereocenters. The van der Waals surface area contributed by atoms with Gasteiger partial charge >= 0.3 is 0 Å². The topological polar surface area (TPSA) is 96.7 Å². The molecule has 8 nitrogen and oxygen atoms in total. The largest absolute Gasteiger partial charge is 0.317 e. The van der Waals surface area contributed by atoms with Gasteiger partial charge in [-0.1, -0.05) is 18.2 Å². The van der Waals surface area contributed by atoms with Gasteiger partial charge in [-0.05, 0) is 61.5 Å². The first-order valence-corrected chi connectivity index (χ1v) is 12.7. The number of nitrogens with zero attached hydrogens (tertiary/aromatic N) is 4. The van der Waals surface area contributed by atoms with E-state index in [4.69, 9.17) is 0 Å². The zero-order chi connectivity index (χ0) is 23.7. The van der Waals surface area contributed by atoms with Crippen LogP contribution in [0.4, 0.5) is 10.8 Å². The predicted molar refractivity (Wildman–Crippen MR) is 134 cm³/mol. The number of para-hydroxylation sites is 1. The second kappa shape index (κ2) is 8.73. The zero-order valence-corrected chi connectivity index (χ0v) is 19.6. The first kappa shape index (κ1) is 21.8. The van der Waals surface area contributed by atoms with Crippen LogP contribution in [-0.2, 0) is 14.8 Å². The van der Waals surface area contributed by atoms with Crippen molar-refractivity contribution in [2.45, 2.75) is 11.8 Å². The van der Waals surface area contributed by atoms with E-state index in [1.165, 1.54) is 34.7 Å². The Morgan fingerprint density at radius 2 is 1.74 bits per heavy atom. The van der Waals surface area contributed by atoms with Gasteiger partial charge < -0.3 is 4.57 Å². The molecule has 1 aliphatic heterocycles. The molecule has 34 heavy (non-hydrogen) atoms. The molecule has 170 valence electrons. The number of carbonyl (C=O) groups excluding carboxylic acids is 1. The van der Waals surface area contributed by atoms with Crippen LogP contribution in [0.2, 0.25) is 0 Å². The number of aromatic nitrogens is 2. The molecule has 4 aromatic rings. The number of carbonyl (C=O) groups is 1. The summed E-state index contributed by atoms with van der Waals surface area (Å²) in [4.78, 5) is 17.1. The molecule has 1 aliphatic rings. The van der Waals surface area contributed by atoms with Crippen LogP contribution in [0, 0.1) is 0 Å². The quantitative estimate of drug-likeness (QED) is 0.402. The number of sulfonamides is 1. The molecule has 0 saturated heterocycles. The van der Waals surface area contributed by atoms with E-state index in [9.17, 15) is 13.2 Å². The highest BCUT2D eigenvalue weighted by molar-refractivity contribution is 7.93. The second-order valence-electron chi connectivity index (χ2n) is 7.44. The normalized spacial score (nSPS) is 15.1. The number of hydrazone groups is 1. The van der Waals surface area contributed by atoms with E-state index in [0.29, 0.717) is 22.1 Å². The second-order valence-corrected chi connectivity index (χ2v) is 10.0. The van der Waals surface area contributed by atoms with Gasteiger partial charge in [-0.15, -0.1) is 11.3 Å². The maximum atomic E-state index is 13.0. The van der Waals surface area contributed by atoms with Gasteiger partial charge in [-0.25, -0.2) is 13.4 Å². The Labute approximate surface area is 200 Å². The Balaban J connectivity index is 1.41. The summed E-state index contributed by atoms with van der Waals surface area (Å²) >= 11 is 1.21. The highest BCUT2D eigenvalue weighted by atomic mass is 32.2. The number of rotatable bonds is 6. The molecule has 0 spiro atoms. The zero-order valence-electron chi connectivity index (χ0n) is 18.0. The van der Waals surface area contributed by atoms with Crippen molar-refractivity contribution in [2.24, 2.45) is 5.10 Å². The summed E-state index contributed by atoms with van der Waals surface area (Å²) in [6.45, 7) is 1.80. The van der Waals surface area contributed by atoms with Gasteiger partial charge in [-0.3, -0.25) is 9.52 Å². The summed E-state index contributed by atoms with van der Waals surface area (Å²) in [7, 11) is -3.73. The van der Waals surface area contributed by atoms with Crippen LogP contribution in [0.3, 0.4) is 0 Å². The SMILES string of the molecule is CC1=NN(c2ccccc2)C(=O)/C1=C\c1cccn1-c1ccc(S(=O)(=O)Nc2nccs2)cc1. The van der Waals surface area contributed by atoms with Gasteiger partial charge in [-0.2, -0.15) is 10.1 Å². The maximum Gasteiger partial charge on any atom is 0.280 e. The van der Waals surface area contributed by atoms with Crippen molar-refractivity contribution in [3.8, 4) is 5.69 Å². The molecular weight excluding hydrogens is 470 g/mol. The molecule has 3 heterocycles. The highest BCUT2D eigenvalue weighted by Crippen LogP contribution is 2.26. The Morgan fingerprint density at radius 1 is 0.971 bits per heavy atom. The first-order chi connectivity index (χ1) is 16.4. The van der Waals surface area contributed by atoms with Crippen LogP contribution in [0.15, 0.2) is 100 Å². The van der Waals surface area contributed by atoms with Gasteiger partial charge in [0.1, 0.15) is 0 Å².